The van der Waals surface area contributed by atoms with Gasteiger partial charge in [0.15, 0.2) is 0 Å². The molecule has 0 aromatic heterocycles. The highest BCUT2D eigenvalue weighted by Crippen LogP contribution is 2.29. The van der Waals surface area contributed by atoms with E-state index in [2.05, 4.69) is 23.6 Å². The van der Waals surface area contributed by atoms with Crippen LogP contribution in [0.5, 0.6) is 0 Å². The Kier molecular flexibility index (Phi) is 4.49. The third-order valence-corrected chi connectivity index (χ3v) is 3.90. The van der Waals surface area contributed by atoms with Crippen molar-refractivity contribution in [2.45, 2.75) is 32.9 Å². The van der Waals surface area contributed by atoms with Gasteiger partial charge in [0, 0.05) is 19.6 Å². The SMILES string of the molecule is CCNCc1ccc(N2CCNC(=O)C2(C)C)c(C#N)c1. The summed E-state index contributed by atoms with van der Waals surface area (Å²) in [7, 11) is 0. The molecule has 1 fully saturated rings. The van der Waals surface area contributed by atoms with Crippen molar-refractivity contribution in [1.29, 1.82) is 5.26 Å². The standard InChI is InChI=1S/C16H22N4O/c1-4-18-11-12-5-6-14(13(9-12)10-17)20-8-7-19-15(21)16(20,2)3/h5-6,9,18H,4,7-8,11H2,1-3H3,(H,19,21). The molecule has 0 atom stereocenters. The Balaban J connectivity index is 2.35. The molecule has 0 bridgehead atoms. The van der Waals surface area contributed by atoms with Gasteiger partial charge in [-0.3, -0.25) is 4.79 Å². The maximum atomic E-state index is 12.1. The summed E-state index contributed by atoms with van der Waals surface area (Å²) in [4.78, 5) is 14.1. The summed E-state index contributed by atoms with van der Waals surface area (Å²) >= 11 is 0. The molecular formula is C16H22N4O. The van der Waals surface area contributed by atoms with Crippen molar-refractivity contribution in [2.24, 2.45) is 0 Å². The van der Waals surface area contributed by atoms with Gasteiger partial charge in [-0.15, -0.1) is 0 Å². The van der Waals surface area contributed by atoms with Crippen molar-refractivity contribution in [3.05, 3.63) is 29.3 Å². The molecule has 1 amide bonds. The molecule has 0 spiro atoms. The number of hydrogen-bond acceptors (Lipinski definition) is 4. The molecule has 0 aliphatic carbocycles. The first-order valence-corrected chi connectivity index (χ1v) is 7.30. The second-order valence-corrected chi connectivity index (χ2v) is 5.71. The third-order valence-electron chi connectivity index (χ3n) is 3.90. The molecule has 0 unspecified atom stereocenters. The topological polar surface area (TPSA) is 68.2 Å². The van der Waals surface area contributed by atoms with Crippen LogP contribution in [-0.2, 0) is 11.3 Å². The fourth-order valence-electron chi connectivity index (χ4n) is 2.61. The molecule has 2 N–H and O–H groups in total. The van der Waals surface area contributed by atoms with Crippen LogP contribution in [0.4, 0.5) is 5.69 Å². The van der Waals surface area contributed by atoms with Crippen molar-refractivity contribution in [3.63, 3.8) is 0 Å². The van der Waals surface area contributed by atoms with Gasteiger partial charge in [0.1, 0.15) is 11.6 Å². The molecule has 0 radical (unpaired) electrons. The van der Waals surface area contributed by atoms with Crippen LogP contribution in [0, 0.1) is 11.3 Å². The van der Waals surface area contributed by atoms with E-state index in [1.54, 1.807) is 0 Å². The van der Waals surface area contributed by atoms with E-state index >= 15 is 0 Å². The molecular weight excluding hydrogens is 264 g/mol. The number of carbonyl (C=O) groups is 1. The molecule has 5 nitrogen and oxygen atoms in total. The van der Waals surface area contributed by atoms with E-state index in [0.29, 0.717) is 18.7 Å². The van der Waals surface area contributed by atoms with E-state index in [4.69, 9.17) is 0 Å². The predicted octanol–water partition coefficient (Wildman–Crippen LogP) is 1.38. The van der Waals surface area contributed by atoms with Crippen LogP contribution >= 0.6 is 0 Å². The second-order valence-electron chi connectivity index (χ2n) is 5.71. The highest BCUT2D eigenvalue weighted by molar-refractivity contribution is 5.91. The first-order chi connectivity index (χ1) is 10.0. The summed E-state index contributed by atoms with van der Waals surface area (Å²) in [6, 6.07) is 8.13. The van der Waals surface area contributed by atoms with Gasteiger partial charge in [0.25, 0.3) is 0 Å². The lowest BCUT2D eigenvalue weighted by atomic mass is 9.96. The van der Waals surface area contributed by atoms with Crippen molar-refractivity contribution in [3.8, 4) is 6.07 Å². The molecule has 0 saturated carbocycles. The lowest BCUT2D eigenvalue weighted by Gasteiger charge is -2.43. The van der Waals surface area contributed by atoms with Crippen molar-refractivity contribution >= 4 is 11.6 Å². The van der Waals surface area contributed by atoms with Gasteiger partial charge in [0.05, 0.1) is 11.3 Å². The molecule has 21 heavy (non-hydrogen) atoms. The van der Waals surface area contributed by atoms with Crippen LogP contribution in [-0.4, -0.2) is 31.1 Å². The summed E-state index contributed by atoms with van der Waals surface area (Å²) in [5.41, 5.74) is 1.88. The van der Waals surface area contributed by atoms with E-state index < -0.39 is 5.54 Å². The number of nitrogens with zero attached hydrogens (tertiary/aromatic N) is 2. The summed E-state index contributed by atoms with van der Waals surface area (Å²) in [5.74, 6) is -0.00522. The number of amides is 1. The van der Waals surface area contributed by atoms with Crippen molar-refractivity contribution in [2.75, 3.05) is 24.5 Å². The maximum Gasteiger partial charge on any atom is 0.245 e. The van der Waals surface area contributed by atoms with E-state index in [1.807, 2.05) is 36.9 Å². The largest absolute Gasteiger partial charge is 0.355 e. The zero-order chi connectivity index (χ0) is 15.5. The average molecular weight is 286 g/mol. The number of hydrogen-bond donors (Lipinski definition) is 2. The Labute approximate surface area is 125 Å². The Morgan fingerprint density at radius 3 is 2.90 bits per heavy atom. The quantitative estimate of drug-likeness (QED) is 0.877. The Hall–Kier alpha value is -2.06. The van der Waals surface area contributed by atoms with Crippen molar-refractivity contribution < 1.29 is 4.79 Å². The zero-order valence-corrected chi connectivity index (χ0v) is 12.9. The monoisotopic (exact) mass is 286 g/mol. The first-order valence-electron chi connectivity index (χ1n) is 7.30. The zero-order valence-electron chi connectivity index (χ0n) is 12.9. The highest BCUT2D eigenvalue weighted by atomic mass is 16.2. The fraction of sp³-hybridized carbons (Fsp3) is 0.500. The van der Waals surface area contributed by atoms with Crippen LogP contribution in [0.25, 0.3) is 0 Å². The minimum Gasteiger partial charge on any atom is -0.355 e. The number of anilines is 1. The Morgan fingerprint density at radius 1 is 1.48 bits per heavy atom. The average Bonchev–Trinajstić information content (AvgIpc) is 2.48. The van der Waals surface area contributed by atoms with Crippen LogP contribution in [0.2, 0.25) is 0 Å². The lowest BCUT2D eigenvalue weighted by molar-refractivity contribution is -0.126. The van der Waals surface area contributed by atoms with E-state index in [1.165, 1.54) is 0 Å². The van der Waals surface area contributed by atoms with E-state index in [-0.39, 0.29) is 5.91 Å². The van der Waals surface area contributed by atoms with Gasteiger partial charge in [-0.1, -0.05) is 13.0 Å². The number of rotatable bonds is 4. The molecule has 112 valence electrons. The molecule has 2 rings (SSSR count). The summed E-state index contributed by atoms with van der Waals surface area (Å²) < 4.78 is 0. The van der Waals surface area contributed by atoms with Crippen LogP contribution in [0.3, 0.4) is 0 Å². The minimum absolute atomic E-state index is 0.00522. The van der Waals surface area contributed by atoms with Gasteiger partial charge < -0.3 is 15.5 Å². The third kappa shape index (κ3) is 3.01. The molecule has 1 aliphatic rings. The highest BCUT2D eigenvalue weighted by Gasteiger charge is 2.38. The van der Waals surface area contributed by atoms with Gasteiger partial charge in [0.2, 0.25) is 5.91 Å². The maximum absolute atomic E-state index is 12.1. The first kappa shape index (κ1) is 15.3. The minimum atomic E-state index is -0.646. The Morgan fingerprint density at radius 2 is 2.24 bits per heavy atom. The van der Waals surface area contributed by atoms with E-state index in [9.17, 15) is 10.1 Å². The van der Waals surface area contributed by atoms with Crippen LogP contribution in [0.1, 0.15) is 31.9 Å². The normalized spacial score (nSPS) is 17.2. The predicted molar refractivity (Wildman–Crippen MR) is 83.0 cm³/mol. The molecule has 5 heteroatoms. The molecule has 1 aliphatic heterocycles. The summed E-state index contributed by atoms with van der Waals surface area (Å²) in [6.07, 6.45) is 0. The van der Waals surface area contributed by atoms with Crippen LogP contribution < -0.4 is 15.5 Å². The molecule has 1 aromatic carbocycles. The van der Waals surface area contributed by atoms with E-state index in [0.717, 1.165) is 24.3 Å². The van der Waals surface area contributed by atoms with Gasteiger partial charge in [-0.2, -0.15) is 5.26 Å². The molecule has 1 heterocycles. The van der Waals surface area contributed by atoms with Gasteiger partial charge in [-0.25, -0.2) is 0 Å². The Bertz CT molecular complexity index is 574. The number of benzene rings is 1. The number of nitrogens with one attached hydrogen (secondary N) is 2. The number of carbonyl (C=O) groups excluding carboxylic acids is 1. The van der Waals surface area contributed by atoms with Gasteiger partial charge in [-0.05, 0) is 38.1 Å². The summed E-state index contributed by atoms with van der Waals surface area (Å²) in [5, 5.41) is 15.6. The van der Waals surface area contributed by atoms with Gasteiger partial charge >= 0.3 is 0 Å². The lowest BCUT2D eigenvalue weighted by Crippen LogP contribution is -2.62. The number of nitriles is 1. The van der Waals surface area contributed by atoms with Crippen molar-refractivity contribution in [1.82, 2.24) is 10.6 Å². The molecule has 1 aromatic rings. The van der Waals surface area contributed by atoms with Crippen LogP contribution in [0.15, 0.2) is 18.2 Å². The summed E-state index contributed by atoms with van der Waals surface area (Å²) in [6.45, 7) is 8.77. The fourth-order valence-corrected chi connectivity index (χ4v) is 2.61. The second kappa shape index (κ2) is 6.15. The number of piperazine rings is 1. The smallest absolute Gasteiger partial charge is 0.245 e. The molecule has 1 saturated heterocycles.